The molecule has 0 spiro atoms. The highest BCUT2D eigenvalue weighted by Gasteiger charge is 2.06. The topological polar surface area (TPSA) is 57.5 Å². The van der Waals surface area contributed by atoms with Gasteiger partial charge in [-0.15, -0.1) is 23.1 Å². The predicted octanol–water partition coefficient (Wildman–Crippen LogP) is 1.92. The number of thiophene rings is 1. The zero-order valence-corrected chi connectivity index (χ0v) is 8.53. The van der Waals surface area contributed by atoms with E-state index in [0.717, 1.165) is 17.1 Å². The van der Waals surface area contributed by atoms with Crippen molar-refractivity contribution in [3.05, 3.63) is 16.3 Å². The number of aromatic carboxylic acids is 1. The summed E-state index contributed by atoms with van der Waals surface area (Å²) >= 11 is 2.80. The van der Waals surface area contributed by atoms with Crippen molar-refractivity contribution in [3.63, 3.8) is 0 Å². The van der Waals surface area contributed by atoms with Gasteiger partial charge in [-0.05, 0) is 12.5 Å². The van der Waals surface area contributed by atoms with Gasteiger partial charge in [0.15, 0.2) is 0 Å². The fourth-order valence-corrected chi connectivity index (χ4v) is 2.57. The van der Waals surface area contributed by atoms with Gasteiger partial charge >= 0.3 is 5.97 Å². The first-order chi connectivity index (χ1) is 6.24. The van der Waals surface area contributed by atoms with Gasteiger partial charge < -0.3 is 10.2 Å². The molecular formula is C8H10O3S2. The van der Waals surface area contributed by atoms with Gasteiger partial charge in [0, 0.05) is 22.6 Å². The third kappa shape index (κ3) is 3.38. The molecule has 0 aromatic carbocycles. The van der Waals surface area contributed by atoms with Gasteiger partial charge in [0.05, 0.1) is 0 Å². The first-order valence-corrected chi connectivity index (χ1v) is 5.66. The van der Waals surface area contributed by atoms with Gasteiger partial charge in [-0.2, -0.15) is 0 Å². The third-order valence-electron chi connectivity index (χ3n) is 1.36. The minimum absolute atomic E-state index is 0.183. The summed E-state index contributed by atoms with van der Waals surface area (Å²) in [4.78, 5) is 11.8. The maximum absolute atomic E-state index is 10.5. The second-order valence-electron chi connectivity index (χ2n) is 2.38. The van der Waals surface area contributed by atoms with Crippen LogP contribution in [0.1, 0.15) is 16.1 Å². The van der Waals surface area contributed by atoms with Gasteiger partial charge in [0.1, 0.15) is 4.88 Å². The second-order valence-corrected chi connectivity index (χ2v) is 4.46. The number of hydrogen-bond acceptors (Lipinski definition) is 4. The summed E-state index contributed by atoms with van der Waals surface area (Å²) in [5.41, 5.74) is 0. The Hall–Kier alpha value is -0.520. The molecule has 0 saturated heterocycles. The molecule has 0 saturated carbocycles. The van der Waals surface area contributed by atoms with Crippen LogP contribution in [0.4, 0.5) is 0 Å². The van der Waals surface area contributed by atoms with E-state index in [-0.39, 0.29) is 6.61 Å². The van der Waals surface area contributed by atoms with E-state index < -0.39 is 5.97 Å². The van der Waals surface area contributed by atoms with E-state index in [0.29, 0.717) is 4.88 Å². The first-order valence-electron chi connectivity index (χ1n) is 3.79. The van der Waals surface area contributed by atoms with Gasteiger partial charge in [0.25, 0.3) is 0 Å². The Bertz CT molecular complexity index is 283. The van der Waals surface area contributed by atoms with E-state index in [9.17, 15) is 4.79 Å². The quantitative estimate of drug-likeness (QED) is 0.585. The van der Waals surface area contributed by atoms with Crippen LogP contribution in [0.25, 0.3) is 0 Å². The maximum Gasteiger partial charge on any atom is 0.345 e. The number of thioether (sulfide) groups is 1. The molecule has 13 heavy (non-hydrogen) atoms. The molecule has 3 nitrogen and oxygen atoms in total. The molecule has 5 heteroatoms. The molecule has 1 aromatic rings. The van der Waals surface area contributed by atoms with E-state index in [4.69, 9.17) is 10.2 Å². The molecule has 0 aliphatic rings. The molecule has 0 fully saturated rings. The standard InChI is InChI=1S/C8H10O3S2/c9-2-1-3-12-6-4-7(8(10)11)13-5-6/h4-5,9H,1-3H2,(H,10,11). The number of carbonyl (C=O) groups is 1. The largest absolute Gasteiger partial charge is 0.477 e. The van der Waals surface area contributed by atoms with Crippen molar-refractivity contribution in [2.45, 2.75) is 11.3 Å². The molecule has 0 bridgehead atoms. The summed E-state index contributed by atoms with van der Waals surface area (Å²) < 4.78 is 0. The predicted molar refractivity (Wildman–Crippen MR) is 53.7 cm³/mol. The highest BCUT2D eigenvalue weighted by molar-refractivity contribution is 7.99. The number of aliphatic hydroxyl groups excluding tert-OH is 1. The van der Waals surface area contributed by atoms with Gasteiger partial charge in [-0.1, -0.05) is 0 Å². The van der Waals surface area contributed by atoms with Crippen molar-refractivity contribution in [2.24, 2.45) is 0 Å². The summed E-state index contributed by atoms with van der Waals surface area (Å²) in [6.45, 7) is 0.183. The molecular weight excluding hydrogens is 208 g/mol. The second kappa shape index (κ2) is 5.26. The molecule has 0 amide bonds. The van der Waals surface area contributed by atoms with Crippen LogP contribution >= 0.6 is 23.1 Å². The van der Waals surface area contributed by atoms with Crippen molar-refractivity contribution in [1.82, 2.24) is 0 Å². The number of aliphatic hydroxyl groups is 1. The zero-order chi connectivity index (χ0) is 9.68. The highest BCUT2D eigenvalue weighted by atomic mass is 32.2. The lowest BCUT2D eigenvalue weighted by atomic mass is 10.5. The summed E-state index contributed by atoms with van der Waals surface area (Å²) in [5, 5.41) is 19.0. The van der Waals surface area contributed by atoms with Crippen LogP contribution in [0, 0.1) is 0 Å². The maximum atomic E-state index is 10.5. The first kappa shape index (κ1) is 10.6. The lowest BCUT2D eigenvalue weighted by Crippen LogP contribution is -1.90. The van der Waals surface area contributed by atoms with Crippen LogP contribution in [0.15, 0.2) is 16.3 Å². The Kier molecular flexibility index (Phi) is 4.27. The molecule has 1 rings (SSSR count). The molecule has 0 aliphatic carbocycles. The molecule has 2 N–H and O–H groups in total. The molecule has 1 heterocycles. The van der Waals surface area contributed by atoms with Crippen LogP contribution in [0.5, 0.6) is 0 Å². The summed E-state index contributed by atoms with van der Waals surface area (Å²) in [6.07, 6.45) is 0.739. The Morgan fingerprint density at radius 2 is 2.38 bits per heavy atom. The van der Waals surface area contributed by atoms with E-state index >= 15 is 0 Å². The highest BCUT2D eigenvalue weighted by Crippen LogP contribution is 2.25. The smallest absolute Gasteiger partial charge is 0.345 e. The van der Waals surface area contributed by atoms with Crippen LogP contribution in [0.2, 0.25) is 0 Å². The monoisotopic (exact) mass is 218 g/mol. The molecule has 0 atom stereocenters. The lowest BCUT2D eigenvalue weighted by Gasteiger charge is -1.94. The van der Waals surface area contributed by atoms with Gasteiger partial charge in [0.2, 0.25) is 0 Å². The normalized spacial score (nSPS) is 10.2. The van der Waals surface area contributed by atoms with Gasteiger partial charge in [-0.3, -0.25) is 0 Å². The lowest BCUT2D eigenvalue weighted by molar-refractivity contribution is 0.0702. The van der Waals surface area contributed by atoms with Crippen LogP contribution in [-0.4, -0.2) is 28.5 Å². The van der Waals surface area contributed by atoms with E-state index in [2.05, 4.69) is 0 Å². The van der Waals surface area contributed by atoms with E-state index in [1.807, 2.05) is 5.38 Å². The van der Waals surface area contributed by atoms with Crippen LogP contribution in [-0.2, 0) is 0 Å². The Balaban J connectivity index is 2.44. The van der Waals surface area contributed by atoms with Crippen molar-refractivity contribution in [1.29, 1.82) is 0 Å². The van der Waals surface area contributed by atoms with E-state index in [1.165, 1.54) is 11.3 Å². The average Bonchev–Trinajstić information content (AvgIpc) is 2.53. The Morgan fingerprint density at radius 1 is 1.62 bits per heavy atom. The molecule has 72 valence electrons. The SMILES string of the molecule is O=C(O)c1cc(SCCCO)cs1. The third-order valence-corrected chi connectivity index (χ3v) is 3.49. The van der Waals surface area contributed by atoms with E-state index in [1.54, 1.807) is 17.8 Å². The van der Waals surface area contributed by atoms with Crippen molar-refractivity contribution < 1.29 is 15.0 Å². The summed E-state index contributed by atoms with van der Waals surface area (Å²) in [7, 11) is 0. The van der Waals surface area contributed by atoms with Crippen molar-refractivity contribution in [2.75, 3.05) is 12.4 Å². The zero-order valence-electron chi connectivity index (χ0n) is 6.90. The van der Waals surface area contributed by atoms with Crippen LogP contribution < -0.4 is 0 Å². The fourth-order valence-electron chi connectivity index (χ4n) is 0.761. The van der Waals surface area contributed by atoms with Gasteiger partial charge in [-0.25, -0.2) is 4.79 Å². The minimum atomic E-state index is -0.876. The number of hydrogen-bond donors (Lipinski definition) is 2. The molecule has 0 radical (unpaired) electrons. The molecule has 0 aliphatic heterocycles. The number of carboxylic acids is 1. The summed E-state index contributed by atoms with van der Waals surface area (Å²) in [5.74, 6) is -0.0502. The molecule has 1 aromatic heterocycles. The fraction of sp³-hybridized carbons (Fsp3) is 0.375. The minimum Gasteiger partial charge on any atom is -0.477 e. The van der Waals surface area contributed by atoms with Crippen molar-refractivity contribution in [3.8, 4) is 0 Å². The van der Waals surface area contributed by atoms with Crippen molar-refractivity contribution >= 4 is 29.1 Å². The Labute approximate surface area is 84.4 Å². The average molecular weight is 218 g/mol. The van der Waals surface area contributed by atoms with Crippen LogP contribution in [0.3, 0.4) is 0 Å². The Morgan fingerprint density at radius 3 is 2.92 bits per heavy atom. The number of carboxylic acid groups (broad SMARTS) is 1. The molecule has 0 unspecified atom stereocenters. The number of rotatable bonds is 5. The summed E-state index contributed by atoms with van der Waals surface area (Å²) in [6, 6.07) is 1.66.